The molecule has 0 saturated heterocycles. The fourth-order valence-electron chi connectivity index (χ4n) is 2.01. The van der Waals surface area contributed by atoms with Gasteiger partial charge in [0.2, 0.25) is 0 Å². The molecule has 1 rings (SSSR count). The molecule has 0 saturated carbocycles. The van der Waals surface area contributed by atoms with E-state index >= 15 is 0 Å². The highest BCUT2D eigenvalue weighted by atomic mass is 28.3. The number of aliphatic hydroxyl groups is 2. The van der Waals surface area contributed by atoms with Crippen molar-refractivity contribution < 1.29 is 28.1 Å². The molecule has 1 heterocycles. The number of ether oxygens (including phenoxy) is 1. The van der Waals surface area contributed by atoms with Crippen molar-refractivity contribution in [3.63, 3.8) is 0 Å². The lowest BCUT2D eigenvalue weighted by atomic mass is 10.1. The van der Waals surface area contributed by atoms with Crippen LogP contribution >= 0.6 is 0 Å². The van der Waals surface area contributed by atoms with Crippen LogP contribution in [0.15, 0.2) is 11.0 Å². The molecule has 0 amide bonds. The fraction of sp³-hybridized carbons (Fsp3) is 0.733. The third kappa shape index (κ3) is 6.70. The lowest BCUT2D eigenvalue weighted by Crippen LogP contribution is -2.38. The number of alkyl halides is 3. The van der Waals surface area contributed by atoms with E-state index in [9.17, 15) is 23.1 Å². The summed E-state index contributed by atoms with van der Waals surface area (Å²) in [5.41, 5.74) is -3.39. The molecule has 0 aliphatic carbocycles. The van der Waals surface area contributed by atoms with E-state index in [4.69, 9.17) is 9.84 Å². The molecule has 150 valence electrons. The van der Waals surface area contributed by atoms with Crippen LogP contribution in [0.5, 0.6) is 0 Å². The maximum atomic E-state index is 13.3. The van der Waals surface area contributed by atoms with E-state index in [1.807, 2.05) is 0 Å². The standard InChI is InChI=1S/C15H26F3N3O4Si/c1-10(23)12(8-22)20-11-7-19-21(9-25-5-6-26(2,3)4)14(24)13(11)15(16,17)18/h7,10,12,20,22-23H,5-6,8-9H2,1-4H3/t10-,12+/m0/s1. The van der Waals surface area contributed by atoms with Crippen LogP contribution in [0.4, 0.5) is 18.9 Å². The van der Waals surface area contributed by atoms with Gasteiger partial charge < -0.3 is 20.3 Å². The van der Waals surface area contributed by atoms with Gasteiger partial charge >= 0.3 is 6.18 Å². The van der Waals surface area contributed by atoms with E-state index in [0.29, 0.717) is 11.3 Å². The van der Waals surface area contributed by atoms with E-state index < -0.39 is 49.8 Å². The van der Waals surface area contributed by atoms with Gasteiger partial charge in [-0.15, -0.1) is 0 Å². The summed E-state index contributed by atoms with van der Waals surface area (Å²) in [7, 11) is -1.36. The number of aliphatic hydroxyl groups excluding tert-OH is 2. The van der Waals surface area contributed by atoms with Crippen molar-refractivity contribution in [3.05, 3.63) is 22.1 Å². The maximum Gasteiger partial charge on any atom is 0.423 e. The van der Waals surface area contributed by atoms with Gasteiger partial charge in [0.05, 0.1) is 30.6 Å². The Labute approximate surface area is 150 Å². The Morgan fingerprint density at radius 2 is 2.00 bits per heavy atom. The molecule has 7 nitrogen and oxygen atoms in total. The molecule has 0 unspecified atom stereocenters. The van der Waals surface area contributed by atoms with E-state index in [0.717, 1.165) is 12.2 Å². The zero-order valence-electron chi connectivity index (χ0n) is 15.3. The lowest BCUT2D eigenvalue weighted by molar-refractivity contribution is -0.138. The van der Waals surface area contributed by atoms with Gasteiger partial charge in [-0.3, -0.25) is 4.79 Å². The first kappa shape index (κ1) is 22.6. The number of nitrogens with one attached hydrogen (secondary N) is 1. The van der Waals surface area contributed by atoms with Crippen LogP contribution in [0.1, 0.15) is 12.5 Å². The van der Waals surface area contributed by atoms with Crippen molar-refractivity contribution in [3.8, 4) is 0 Å². The fourth-order valence-corrected chi connectivity index (χ4v) is 2.77. The zero-order chi connectivity index (χ0) is 20.1. The van der Waals surface area contributed by atoms with Gasteiger partial charge in [0.25, 0.3) is 5.56 Å². The van der Waals surface area contributed by atoms with Crippen molar-refractivity contribution in [1.29, 1.82) is 0 Å². The largest absolute Gasteiger partial charge is 0.423 e. The highest BCUT2D eigenvalue weighted by Gasteiger charge is 2.39. The number of rotatable bonds is 9. The number of hydrogen-bond acceptors (Lipinski definition) is 6. The second-order valence-corrected chi connectivity index (χ2v) is 12.9. The molecule has 0 aliphatic rings. The second-order valence-electron chi connectivity index (χ2n) is 7.26. The van der Waals surface area contributed by atoms with Gasteiger partial charge in [-0.05, 0) is 13.0 Å². The van der Waals surface area contributed by atoms with Gasteiger partial charge in [-0.25, -0.2) is 4.68 Å². The molecule has 2 atom stereocenters. The predicted octanol–water partition coefficient (Wildman–Crippen LogP) is 1.73. The van der Waals surface area contributed by atoms with Crippen molar-refractivity contribution in [2.75, 3.05) is 18.5 Å². The molecule has 0 bridgehead atoms. The van der Waals surface area contributed by atoms with Crippen molar-refractivity contribution in [2.45, 2.75) is 57.7 Å². The average Bonchev–Trinajstić information content (AvgIpc) is 2.48. The molecule has 0 aromatic carbocycles. The molecule has 0 radical (unpaired) electrons. The van der Waals surface area contributed by atoms with E-state index in [2.05, 4.69) is 30.1 Å². The van der Waals surface area contributed by atoms with Crippen LogP contribution < -0.4 is 10.9 Å². The number of halogens is 3. The molecular weight excluding hydrogens is 371 g/mol. The molecule has 0 fully saturated rings. The van der Waals surface area contributed by atoms with Gasteiger partial charge in [0.1, 0.15) is 12.3 Å². The Balaban J connectivity index is 3.06. The summed E-state index contributed by atoms with van der Waals surface area (Å²) in [5, 5.41) is 24.7. The first-order valence-corrected chi connectivity index (χ1v) is 11.9. The number of nitrogens with zero attached hydrogens (tertiary/aromatic N) is 2. The summed E-state index contributed by atoms with van der Waals surface area (Å²) >= 11 is 0. The van der Waals surface area contributed by atoms with Crippen molar-refractivity contribution in [2.24, 2.45) is 0 Å². The smallest absolute Gasteiger partial charge is 0.394 e. The monoisotopic (exact) mass is 397 g/mol. The summed E-state index contributed by atoms with van der Waals surface area (Å²) in [6.45, 7) is 7.03. The van der Waals surface area contributed by atoms with Crippen LogP contribution in [-0.4, -0.2) is 53.4 Å². The van der Waals surface area contributed by atoms with Crippen LogP contribution in [-0.2, 0) is 17.6 Å². The third-order valence-electron chi connectivity index (χ3n) is 3.66. The summed E-state index contributed by atoms with van der Waals surface area (Å²) < 4.78 is 45.9. The first-order valence-electron chi connectivity index (χ1n) is 8.17. The first-order chi connectivity index (χ1) is 11.9. The zero-order valence-corrected chi connectivity index (χ0v) is 16.3. The van der Waals surface area contributed by atoms with Crippen LogP contribution in [0.2, 0.25) is 25.7 Å². The van der Waals surface area contributed by atoms with Crippen LogP contribution in [0, 0.1) is 0 Å². The van der Waals surface area contributed by atoms with E-state index in [1.54, 1.807) is 0 Å². The van der Waals surface area contributed by atoms with E-state index in [1.165, 1.54) is 6.92 Å². The normalized spacial score (nSPS) is 15.0. The minimum absolute atomic E-state index is 0.333. The lowest BCUT2D eigenvalue weighted by Gasteiger charge is -2.22. The Morgan fingerprint density at radius 3 is 2.46 bits per heavy atom. The van der Waals surface area contributed by atoms with Gasteiger partial charge in [0, 0.05) is 14.7 Å². The molecule has 11 heteroatoms. The SMILES string of the molecule is C[C@H](O)[C@@H](CO)Nc1cnn(COCC[Si](C)(C)C)c(=O)c1C(F)(F)F. The van der Waals surface area contributed by atoms with Gasteiger partial charge in [-0.1, -0.05) is 19.6 Å². The molecule has 1 aromatic heterocycles. The Kier molecular flexibility index (Phi) is 7.80. The quantitative estimate of drug-likeness (QED) is 0.434. The van der Waals surface area contributed by atoms with Gasteiger partial charge in [0.15, 0.2) is 0 Å². The highest BCUT2D eigenvalue weighted by molar-refractivity contribution is 6.76. The average molecular weight is 397 g/mol. The van der Waals surface area contributed by atoms with Crippen molar-refractivity contribution >= 4 is 13.8 Å². The molecule has 0 spiro atoms. The van der Waals surface area contributed by atoms with Crippen molar-refractivity contribution in [1.82, 2.24) is 9.78 Å². The summed E-state index contributed by atoms with van der Waals surface area (Å²) in [6, 6.07) is -0.263. The Bertz CT molecular complexity index is 644. The summed E-state index contributed by atoms with van der Waals surface area (Å²) in [5.74, 6) is 0. The number of aromatic nitrogens is 2. The highest BCUT2D eigenvalue weighted by Crippen LogP contribution is 2.32. The molecule has 1 aromatic rings. The van der Waals surface area contributed by atoms with Crippen LogP contribution in [0.25, 0.3) is 0 Å². The third-order valence-corrected chi connectivity index (χ3v) is 5.36. The molecule has 3 N–H and O–H groups in total. The minimum atomic E-state index is -4.93. The predicted molar refractivity (Wildman–Crippen MR) is 93.8 cm³/mol. The molecular formula is C15H26F3N3O4Si. The number of anilines is 1. The molecule has 26 heavy (non-hydrogen) atoms. The second kappa shape index (κ2) is 8.98. The molecule has 0 aliphatic heterocycles. The summed E-state index contributed by atoms with van der Waals surface area (Å²) in [6.07, 6.45) is -5.22. The minimum Gasteiger partial charge on any atom is -0.394 e. The Hall–Kier alpha value is -1.43. The Morgan fingerprint density at radius 1 is 1.38 bits per heavy atom. The van der Waals surface area contributed by atoms with E-state index in [-0.39, 0.29) is 6.73 Å². The number of hydrogen-bond donors (Lipinski definition) is 3. The topological polar surface area (TPSA) is 96.6 Å². The van der Waals surface area contributed by atoms with Crippen LogP contribution in [0.3, 0.4) is 0 Å². The summed E-state index contributed by atoms with van der Waals surface area (Å²) in [4.78, 5) is 12.2. The maximum absolute atomic E-state index is 13.3. The van der Waals surface area contributed by atoms with Gasteiger partial charge in [-0.2, -0.15) is 18.3 Å².